The molecule has 0 spiro atoms. The van der Waals surface area contributed by atoms with Crippen molar-refractivity contribution in [2.45, 2.75) is 31.4 Å². The van der Waals surface area contributed by atoms with Gasteiger partial charge in [-0.3, -0.25) is 4.98 Å². The lowest BCUT2D eigenvalue weighted by molar-refractivity contribution is 0.0598. The molecule has 0 fully saturated rings. The van der Waals surface area contributed by atoms with Crippen molar-refractivity contribution in [2.24, 2.45) is 0 Å². The summed E-state index contributed by atoms with van der Waals surface area (Å²) in [5.74, 6) is 0. The zero-order valence-electron chi connectivity index (χ0n) is 15.6. The molecule has 1 aliphatic rings. The topological polar surface area (TPSA) is 34.2 Å². The number of nitrogens with zero attached hydrogens (tertiary/aromatic N) is 1. The van der Waals surface area contributed by atoms with Crippen LogP contribution in [0.4, 0.5) is 0 Å². The first-order chi connectivity index (χ1) is 13.4. The lowest BCUT2D eigenvalue weighted by Gasteiger charge is -2.39. The van der Waals surface area contributed by atoms with Crippen molar-refractivity contribution in [3.05, 3.63) is 101 Å². The van der Waals surface area contributed by atoms with Gasteiger partial charge in [-0.25, -0.2) is 0 Å². The predicted octanol–water partition coefficient (Wildman–Crippen LogP) is 4.47. The Labute approximate surface area is 161 Å². The maximum absolute atomic E-state index is 6.03. The van der Waals surface area contributed by atoms with Crippen LogP contribution in [-0.4, -0.2) is 18.1 Å². The van der Waals surface area contributed by atoms with Crippen LogP contribution in [0.2, 0.25) is 0 Å². The fourth-order valence-corrected chi connectivity index (χ4v) is 4.06. The Morgan fingerprint density at radius 1 is 0.926 bits per heavy atom. The van der Waals surface area contributed by atoms with E-state index in [1.54, 1.807) is 0 Å². The number of hydrogen-bond acceptors (Lipinski definition) is 3. The highest BCUT2D eigenvalue weighted by atomic mass is 16.5. The van der Waals surface area contributed by atoms with E-state index in [1.807, 2.05) is 12.3 Å². The number of rotatable bonds is 7. The van der Waals surface area contributed by atoms with E-state index < -0.39 is 0 Å². The van der Waals surface area contributed by atoms with Crippen LogP contribution in [0.15, 0.2) is 79.0 Å². The molecule has 2 aromatic carbocycles. The van der Waals surface area contributed by atoms with Crippen molar-refractivity contribution in [3.8, 4) is 0 Å². The van der Waals surface area contributed by atoms with Crippen LogP contribution in [0.1, 0.15) is 35.2 Å². The molecule has 0 radical (unpaired) electrons. The van der Waals surface area contributed by atoms with Crippen LogP contribution in [0.5, 0.6) is 0 Å². The number of pyridine rings is 1. The molecule has 1 N–H and O–H groups in total. The van der Waals surface area contributed by atoms with Gasteiger partial charge in [0, 0.05) is 12.7 Å². The third-order valence-electron chi connectivity index (χ3n) is 5.42. The Morgan fingerprint density at radius 2 is 1.74 bits per heavy atom. The van der Waals surface area contributed by atoms with E-state index in [0.29, 0.717) is 13.2 Å². The molecule has 1 aliphatic heterocycles. The van der Waals surface area contributed by atoms with E-state index in [4.69, 9.17) is 9.72 Å². The van der Waals surface area contributed by atoms with Crippen molar-refractivity contribution < 1.29 is 4.74 Å². The highest BCUT2D eigenvalue weighted by Gasteiger charge is 2.39. The lowest BCUT2D eigenvalue weighted by Crippen LogP contribution is -2.39. The summed E-state index contributed by atoms with van der Waals surface area (Å²) >= 11 is 0. The van der Waals surface area contributed by atoms with E-state index in [2.05, 4.69) is 72.0 Å². The van der Waals surface area contributed by atoms with Gasteiger partial charge in [-0.1, -0.05) is 60.7 Å². The van der Waals surface area contributed by atoms with Crippen LogP contribution in [0.3, 0.4) is 0 Å². The van der Waals surface area contributed by atoms with Gasteiger partial charge in [-0.05, 0) is 48.2 Å². The SMILES string of the molecule is c1ccc(CNCCCC2(c3ccccn3)COCc3ccccc32)cc1. The van der Waals surface area contributed by atoms with Gasteiger partial charge < -0.3 is 10.1 Å². The summed E-state index contributed by atoms with van der Waals surface area (Å²) in [4.78, 5) is 4.72. The average Bonchev–Trinajstić information content (AvgIpc) is 2.75. The van der Waals surface area contributed by atoms with Gasteiger partial charge in [0.1, 0.15) is 0 Å². The van der Waals surface area contributed by atoms with Crippen molar-refractivity contribution in [2.75, 3.05) is 13.2 Å². The normalized spacial score (nSPS) is 18.8. The minimum atomic E-state index is -0.162. The molecule has 2 heterocycles. The maximum atomic E-state index is 6.03. The highest BCUT2D eigenvalue weighted by molar-refractivity contribution is 5.42. The summed E-state index contributed by atoms with van der Waals surface area (Å²) in [7, 11) is 0. The minimum absolute atomic E-state index is 0.162. The zero-order valence-corrected chi connectivity index (χ0v) is 15.6. The second kappa shape index (κ2) is 8.47. The third-order valence-corrected chi connectivity index (χ3v) is 5.42. The first kappa shape index (κ1) is 17.9. The predicted molar refractivity (Wildman–Crippen MR) is 108 cm³/mol. The molecular formula is C24H26N2O. The standard InChI is InChI=1S/C24H26N2O/c1-2-9-20(10-3-1)17-25-15-8-14-24(23-13-6-7-16-26-23)19-27-18-21-11-4-5-12-22(21)24/h1-7,9-13,16,25H,8,14-15,17-19H2. The molecule has 0 bridgehead atoms. The molecule has 1 unspecified atom stereocenters. The number of hydrogen-bond donors (Lipinski definition) is 1. The van der Waals surface area contributed by atoms with Gasteiger partial charge in [0.15, 0.2) is 0 Å². The number of aromatic nitrogens is 1. The molecule has 3 aromatic rings. The molecule has 0 amide bonds. The molecule has 1 aromatic heterocycles. The molecule has 0 saturated carbocycles. The van der Waals surface area contributed by atoms with Gasteiger partial charge in [0.05, 0.1) is 24.3 Å². The van der Waals surface area contributed by atoms with Crippen molar-refractivity contribution in [1.29, 1.82) is 0 Å². The first-order valence-electron chi connectivity index (χ1n) is 9.71. The van der Waals surface area contributed by atoms with E-state index >= 15 is 0 Å². The molecule has 3 nitrogen and oxygen atoms in total. The summed E-state index contributed by atoms with van der Waals surface area (Å²) < 4.78 is 6.03. The van der Waals surface area contributed by atoms with E-state index in [1.165, 1.54) is 16.7 Å². The average molecular weight is 358 g/mol. The molecule has 138 valence electrons. The number of benzene rings is 2. The summed E-state index contributed by atoms with van der Waals surface area (Å²) in [6, 6.07) is 25.4. The smallest absolute Gasteiger partial charge is 0.0720 e. The molecule has 0 saturated heterocycles. The summed E-state index contributed by atoms with van der Waals surface area (Å²) in [6.45, 7) is 3.27. The monoisotopic (exact) mass is 358 g/mol. The first-order valence-corrected chi connectivity index (χ1v) is 9.71. The molecule has 4 rings (SSSR count). The van der Waals surface area contributed by atoms with Crippen LogP contribution in [0, 0.1) is 0 Å². The van der Waals surface area contributed by atoms with Crippen molar-refractivity contribution in [1.82, 2.24) is 10.3 Å². The van der Waals surface area contributed by atoms with Crippen LogP contribution in [-0.2, 0) is 23.3 Å². The zero-order chi connectivity index (χ0) is 18.4. The summed E-state index contributed by atoms with van der Waals surface area (Å²) in [5.41, 5.74) is 4.93. The minimum Gasteiger partial charge on any atom is -0.375 e. The Morgan fingerprint density at radius 3 is 2.59 bits per heavy atom. The Bertz CT molecular complexity index is 851. The number of ether oxygens (including phenoxy) is 1. The van der Waals surface area contributed by atoms with E-state index in [0.717, 1.165) is 31.6 Å². The van der Waals surface area contributed by atoms with Crippen LogP contribution < -0.4 is 5.32 Å². The fraction of sp³-hybridized carbons (Fsp3) is 0.292. The fourth-order valence-electron chi connectivity index (χ4n) is 4.06. The Hall–Kier alpha value is -2.49. The maximum Gasteiger partial charge on any atom is 0.0720 e. The lowest BCUT2D eigenvalue weighted by atomic mass is 9.71. The summed E-state index contributed by atoms with van der Waals surface area (Å²) in [5, 5.41) is 3.57. The van der Waals surface area contributed by atoms with Crippen molar-refractivity contribution in [3.63, 3.8) is 0 Å². The van der Waals surface area contributed by atoms with Gasteiger partial charge in [0.25, 0.3) is 0 Å². The molecule has 1 atom stereocenters. The largest absolute Gasteiger partial charge is 0.375 e. The van der Waals surface area contributed by atoms with E-state index in [-0.39, 0.29) is 5.41 Å². The van der Waals surface area contributed by atoms with Crippen LogP contribution in [0.25, 0.3) is 0 Å². The molecular weight excluding hydrogens is 332 g/mol. The molecule has 0 aliphatic carbocycles. The second-order valence-electron chi connectivity index (χ2n) is 7.21. The van der Waals surface area contributed by atoms with Gasteiger partial charge in [-0.15, -0.1) is 0 Å². The van der Waals surface area contributed by atoms with Gasteiger partial charge >= 0.3 is 0 Å². The van der Waals surface area contributed by atoms with Gasteiger partial charge in [0.2, 0.25) is 0 Å². The summed E-state index contributed by atoms with van der Waals surface area (Å²) in [6.07, 6.45) is 3.98. The second-order valence-corrected chi connectivity index (χ2v) is 7.21. The highest BCUT2D eigenvalue weighted by Crippen LogP contribution is 2.41. The molecule has 27 heavy (non-hydrogen) atoms. The van der Waals surface area contributed by atoms with Crippen LogP contribution >= 0.6 is 0 Å². The third kappa shape index (κ3) is 3.95. The quantitative estimate of drug-likeness (QED) is 0.633. The Kier molecular flexibility index (Phi) is 5.61. The Balaban J connectivity index is 1.49. The van der Waals surface area contributed by atoms with E-state index in [9.17, 15) is 0 Å². The van der Waals surface area contributed by atoms with Crippen molar-refractivity contribution >= 4 is 0 Å². The number of fused-ring (bicyclic) bond motifs is 1. The van der Waals surface area contributed by atoms with Gasteiger partial charge in [-0.2, -0.15) is 0 Å². The molecule has 3 heteroatoms. The number of nitrogens with one attached hydrogen (secondary N) is 1.